The largest absolute Gasteiger partial charge is 0.493 e. The molecule has 0 aliphatic heterocycles. The van der Waals surface area contributed by atoms with Gasteiger partial charge in [0.25, 0.3) is 5.91 Å². The topological polar surface area (TPSA) is 109 Å². The van der Waals surface area contributed by atoms with Crippen LogP contribution in [0.15, 0.2) is 46.4 Å². The summed E-state index contributed by atoms with van der Waals surface area (Å²) in [4.78, 5) is 23.0. The van der Waals surface area contributed by atoms with Crippen LogP contribution in [0.2, 0.25) is 5.02 Å². The van der Waals surface area contributed by atoms with E-state index in [0.717, 1.165) is 4.47 Å². The van der Waals surface area contributed by atoms with Crippen LogP contribution in [-0.2, 0) is 9.59 Å². The van der Waals surface area contributed by atoms with Gasteiger partial charge in [0.2, 0.25) is 0 Å². The van der Waals surface area contributed by atoms with Gasteiger partial charge in [0.1, 0.15) is 11.6 Å². The highest BCUT2D eigenvalue weighted by Crippen LogP contribution is 2.37. The SMILES string of the molecule is COc1cc(/C=C(/C#N)C(=O)Nc2ccc(Br)cc2)cc(Cl)c1OCC(=O)O. The summed E-state index contributed by atoms with van der Waals surface area (Å²) in [7, 11) is 1.36. The Labute approximate surface area is 174 Å². The molecule has 7 nitrogen and oxygen atoms in total. The minimum atomic E-state index is -1.17. The first kappa shape index (κ1) is 21.3. The third-order valence-electron chi connectivity index (χ3n) is 3.37. The first-order valence-corrected chi connectivity index (χ1v) is 8.92. The van der Waals surface area contributed by atoms with Crippen molar-refractivity contribution in [3.8, 4) is 17.6 Å². The number of aliphatic carboxylic acids is 1. The molecule has 2 aromatic rings. The van der Waals surface area contributed by atoms with Crippen molar-refractivity contribution in [1.82, 2.24) is 0 Å². The molecule has 0 saturated carbocycles. The van der Waals surface area contributed by atoms with Crippen molar-refractivity contribution in [2.75, 3.05) is 19.0 Å². The fourth-order valence-electron chi connectivity index (χ4n) is 2.14. The molecule has 0 unspecified atom stereocenters. The van der Waals surface area contributed by atoms with Crippen molar-refractivity contribution < 1.29 is 24.2 Å². The predicted molar refractivity (Wildman–Crippen MR) is 107 cm³/mol. The zero-order valence-electron chi connectivity index (χ0n) is 14.5. The van der Waals surface area contributed by atoms with Gasteiger partial charge >= 0.3 is 5.97 Å². The van der Waals surface area contributed by atoms with E-state index in [1.54, 1.807) is 24.3 Å². The van der Waals surface area contributed by atoms with Crippen molar-refractivity contribution in [3.63, 3.8) is 0 Å². The summed E-state index contributed by atoms with van der Waals surface area (Å²) in [5.41, 5.74) is 0.787. The van der Waals surface area contributed by atoms with Gasteiger partial charge in [-0.2, -0.15) is 5.26 Å². The number of carboxylic acids is 1. The number of anilines is 1. The normalized spacial score (nSPS) is 10.7. The second-order valence-electron chi connectivity index (χ2n) is 5.35. The molecule has 28 heavy (non-hydrogen) atoms. The summed E-state index contributed by atoms with van der Waals surface area (Å²) in [6.07, 6.45) is 1.34. The summed E-state index contributed by atoms with van der Waals surface area (Å²) >= 11 is 9.43. The van der Waals surface area contributed by atoms with Crippen LogP contribution in [0.25, 0.3) is 6.08 Å². The quantitative estimate of drug-likeness (QED) is 0.470. The van der Waals surface area contributed by atoms with Crippen LogP contribution in [0.3, 0.4) is 0 Å². The predicted octanol–water partition coefficient (Wildman–Crippen LogP) is 4.12. The molecule has 2 rings (SSSR count). The summed E-state index contributed by atoms with van der Waals surface area (Å²) < 4.78 is 11.1. The summed E-state index contributed by atoms with van der Waals surface area (Å²) in [6.45, 7) is -0.593. The molecule has 0 bridgehead atoms. The van der Waals surface area contributed by atoms with Crippen LogP contribution in [0.5, 0.6) is 11.5 Å². The third kappa shape index (κ3) is 5.74. The van der Waals surface area contributed by atoms with Crippen molar-refractivity contribution in [3.05, 3.63) is 57.0 Å². The Balaban J connectivity index is 2.28. The van der Waals surface area contributed by atoms with E-state index in [0.29, 0.717) is 11.3 Å². The number of hydrogen-bond donors (Lipinski definition) is 2. The molecule has 0 heterocycles. The highest BCUT2D eigenvalue weighted by molar-refractivity contribution is 9.10. The molecule has 0 saturated heterocycles. The number of halogens is 2. The summed E-state index contributed by atoms with van der Waals surface area (Å²) in [5, 5.41) is 20.8. The first-order valence-electron chi connectivity index (χ1n) is 7.75. The average Bonchev–Trinajstić information content (AvgIpc) is 2.66. The maximum Gasteiger partial charge on any atom is 0.341 e. The number of carbonyl (C=O) groups excluding carboxylic acids is 1. The Morgan fingerprint density at radius 1 is 1.32 bits per heavy atom. The maximum absolute atomic E-state index is 12.3. The lowest BCUT2D eigenvalue weighted by atomic mass is 10.1. The van der Waals surface area contributed by atoms with Gasteiger partial charge in [-0.25, -0.2) is 4.79 Å². The number of methoxy groups -OCH3 is 1. The number of rotatable bonds is 7. The fourth-order valence-corrected chi connectivity index (χ4v) is 2.68. The summed E-state index contributed by atoms with van der Waals surface area (Å²) in [5.74, 6) is -1.53. The number of carboxylic acid groups (broad SMARTS) is 1. The third-order valence-corrected chi connectivity index (χ3v) is 4.18. The lowest BCUT2D eigenvalue weighted by Crippen LogP contribution is -2.13. The Kier molecular flexibility index (Phi) is 7.44. The molecule has 0 spiro atoms. The first-order chi connectivity index (χ1) is 13.3. The minimum Gasteiger partial charge on any atom is -0.493 e. The van der Waals surface area contributed by atoms with Gasteiger partial charge in [-0.15, -0.1) is 0 Å². The second kappa shape index (κ2) is 9.78. The van der Waals surface area contributed by atoms with Crippen LogP contribution in [0, 0.1) is 11.3 Å². The zero-order valence-corrected chi connectivity index (χ0v) is 16.9. The Morgan fingerprint density at radius 2 is 2.00 bits per heavy atom. The molecule has 2 N–H and O–H groups in total. The molecular formula is C19H14BrClN2O5. The van der Waals surface area contributed by atoms with E-state index in [1.807, 2.05) is 6.07 Å². The standard InChI is InChI=1S/C19H14BrClN2O5/c1-27-16-8-11(7-15(21)18(16)28-10-17(24)25)6-12(9-22)19(26)23-14-4-2-13(20)3-5-14/h2-8H,10H2,1H3,(H,23,26)(H,24,25)/b12-6-. The molecule has 0 atom stereocenters. The van der Waals surface area contributed by atoms with Crippen LogP contribution in [0.1, 0.15) is 5.56 Å². The molecular weight excluding hydrogens is 452 g/mol. The van der Waals surface area contributed by atoms with E-state index in [1.165, 1.54) is 25.3 Å². The van der Waals surface area contributed by atoms with Gasteiger partial charge in [0.05, 0.1) is 12.1 Å². The van der Waals surface area contributed by atoms with E-state index < -0.39 is 18.5 Å². The van der Waals surface area contributed by atoms with E-state index in [9.17, 15) is 14.9 Å². The Bertz CT molecular complexity index is 968. The monoisotopic (exact) mass is 464 g/mol. The van der Waals surface area contributed by atoms with Crippen molar-refractivity contribution in [2.24, 2.45) is 0 Å². The smallest absolute Gasteiger partial charge is 0.341 e. The van der Waals surface area contributed by atoms with Gasteiger partial charge in [-0.3, -0.25) is 4.79 Å². The maximum atomic E-state index is 12.3. The van der Waals surface area contributed by atoms with Crippen molar-refractivity contribution in [1.29, 1.82) is 5.26 Å². The number of nitrogens with one attached hydrogen (secondary N) is 1. The van der Waals surface area contributed by atoms with Gasteiger partial charge in [-0.1, -0.05) is 27.5 Å². The zero-order chi connectivity index (χ0) is 20.7. The average molecular weight is 466 g/mol. The second-order valence-corrected chi connectivity index (χ2v) is 6.67. The highest BCUT2D eigenvalue weighted by atomic mass is 79.9. The fraction of sp³-hybridized carbons (Fsp3) is 0.105. The van der Waals surface area contributed by atoms with E-state index in [4.69, 9.17) is 26.2 Å². The lowest BCUT2D eigenvalue weighted by molar-refractivity contribution is -0.139. The van der Waals surface area contributed by atoms with Gasteiger partial charge in [0, 0.05) is 10.2 Å². The van der Waals surface area contributed by atoms with Gasteiger partial charge in [0.15, 0.2) is 18.1 Å². The molecule has 2 aromatic carbocycles. The lowest BCUT2D eigenvalue weighted by Gasteiger charge is -2.12. The van der Waals surface area contributed by atoms with Crippen molar-refractivity contribution in [2.45, 2.75) is 0 Å². The molecule has 0 aliphatic carbocycles. The number of nitrogens with zero attached hydrogens (tertiary/aromatic N) is 1. The molecule has 0 fully saturated rings. The van der Waals surface area contributed by atoms with Crippen molar-refractivity contribution >= 4 is 51.2 Å². The Hall–Kier alpha value is -3.02. The summed E-state index contributed by atoms with van der Waals surface area (Å²) in [6, 6.07) is 11.6. The highest BCUT2D eigenvalue weighted by Gasteiger charge is 2.15. The van der Waals surface area contributed by atoms with Crippen LogP contribution in [0.4, 0.5) is 5.69 Å². The molecule has 0 radical (unpaired) electrons. The number of benzene rings is 2. The Morgan fingerprint density at radius 3 is 2.57 bits per heavy atom. The number of ether oxygens (including phenoxy) is 2. The number of nitriles is 1. The van der Waals surface area contributed by atoms with Crippen LogP contribution in [-0.4, -0.2) is 30.7 Å². The van der Waals surface area contributed by atoms with E-state index in [-0.39, 0.29) is 22.1 Å². The molecule has 144 valence electrons. The van der Waals surface area contributed by atoms with E-state index >= 15 is 0 Å². The van der Waals surface area contributed by atoms with Crippen LogP contribution < -0.4 is 14.8 Å². The van der Waals surface area contributed by atoms with Gasteiger partial charge < -0.3 is 19.9 Å². The number of hydrogen-bond acceptors (Lipinski definition) is 5. The number of amides is 1. The molecule has 0 aliphatic rings. The molecule has 0 aromatic heterocycles. The minimum absolute atomic E-state index is 0.0570. The van der Waals surface area contributed by atoms with E-state index in [2.05, 4.69) is 21.2 Å². The molecule has 1 amide bonds. The molecule has 9 heteroatoms. The van der Waals surface area contributed by atoms with Crippen LogP contribution >= 0.6 is 27.5 Å². The van der Waals surface area contributed by atoms with Gasteiger partial charge in [-0.05, 0) is 48.0 Å². The number of carbonyl (C=O) groups is 2.